The molecule has 0 aliphatic carbocycles. The highest BCUT2D eigenvalue weighted by Crippen LogP contribution is 2.17. The molecule has 1 aliphatic heterocycles. The first-order valence-corrected chi connectivity index (χ1v) is 9.09. The molecular weight excluding hydrogens is 296 g/mol. The minimum Gasteiger partial charge on any atom is -0.466 e. The number of hydrogen-bond donors (Lipinski definition) is 1. The van der Waals surface area contributed by atoms with Crippen LogP contribution in [0.15, 0.2) is 0 Å². The van der Waals surface area contributed by atoms with Crippen LogP contribution in [0, 0.1) is 5.92 Å². The summed E-state index contributed by atoms with van der Waals surface area (Å²) in [4.78, 5) is 25.0. The van der Waals surface area contributed by atoms with Crippen molar-refractivity contribution < 1.29 is 22.7 Å². The Kier molecular flexibility index (Phi) is 7.10. The Hall–Kier alpha value is -1.15. The number of nitrogens with one attached hydrogen (secondary N) is 1. The molecule has 21 heavy (non-hydrogen) atoms. The molecule has 0 saturated carbocycles. The van der Waals surface area contributed by atoms with E-state index >= 15 is 0 Å². The number of likely N-dealkylation sites (tertiary alicyclic amines) is 1. The van der Waals surface area contributed by atoms with E-state index in [2.05, 4.69) is 4.72 Å². The number of piperidine rings is 1. The highest BCUT2D eigenvalue weighted by Gasteiger charge is 2.24. The molecule has 1 amide bonds. The molecule has 1 heterocycles. The summed E-state index contributed by atoms with van der Waals surface area (Å²) in [6.45, 7) is 3.58. The average molecular weight is 320 g/mol. The molecule has 7 nitrogen and oxygen atoms in total. The number of ether oxygens (including phenoxy) is 1. The van der Waals surface area contributed by atoms with Gasteiger partial charge in [-0.05, 0) is 25.7 Å². The van der Waals surface area contributed by atoms with Gasteiger partial charge in [-0.25, -0.2) is 13.1 Å². The van der Waals surface area contributed by atoms with Crippen molar-refractivity contribution in [3.63, 3.8) is 0 Å². The van der Waals surface area contributed by atoms with Gasteiger partial charge in [0.25, 0.3) is 0 Å². The fraction of sp³-hybridized carbons (Fsp3) is 0.846. The van der Waals surface area contributed by atoms with E-state index in [1.807, 2.05) is 0 Å². The average Bonchev–Trinajstić information content (AvgIpc) is 2.42. The molecule has 0 bridgehead atoms. The molecule has 1 N–H and O–H groups in total. The molecule has 1 fully saturated rings. The van der Waals surface area contributed by atoms with Crippen LogP contribution in [0.3, 0.4) is 0 Å². The molecule has 0 aromatic carbocycles. The van der Waals surface area contributed by atoms with Crippen molar-refractivity contribution in [2.24, 2.45) is 5.92 Å². The maximum atomic E-state index is 12.0. The fourth-order valence-electron chi connectivity index (χ4n) is 2.33. The van der Waals surface area contributed by atoms with Gasteiger partial charge in [-0.2, -0.15) is 0 Å². The number of carbonyl (C=O) groups is 2. The lowest BCUT2D eigenvalue weighted by atomic mass is 9.98. The Morgan fingerprint density at radius 3 is 2.67 bits per heavy atom. The van der Waals surface area contributed by atoms with Gasteiger partial charge >= 0.3 is 5.97 Å². The standard InChI is InChI=1S/C13H24N2O5S/c1-3-20-13(17)7-6-12(16)15-8-4-5-11(10-15)9-14-21(2,18)19/h11,14H,3-10H2,1-2H3. The Balaban J connectivity index is 2.37. The number of esters is 1. The van der Waals surface area contributed by atoms with E-state index in [1.54, 1.807) is 11.8 Å². The molecule has 1 saturated heterocycles. The Morgan fingerprint density at radius 2 is 2.05 bits per heavy atom. The van der Waals surface area contributed by atoms with Crippen LogP contribution < -0.4 is 4.72 Å². The second-order valence-electron chi connectivity index (χ2n) is 5.27. The maximum absolute atomic E-state index is 12.0. The Morgan fingerprint density at radius 1 is 1.33 bits per heavy atom. The fourth-order valence-corrected chi connectivity index (χ4v) is 2.87. The van der Waals surface area contributed by atoms with Gasteiger partial charge in [-0.1, -0.05) is 0 Å². The minimum atomic E-state index is -3.20. The van der Waals surface area contributed by atoms with Crippen molar-refractivity contribution >= 4 is 21.9 Å². The molecular formula is C13H24N2O5S. The lowest BCUT2D eigenvalue weighted by molar-refractivity contribution is -0.146. The molecule has 1 atom stereocenters. The van der Waals surface area contributed by atoms with E-state index < -0.39 is 10.0 Å². The van der Waals surface area contributed by atoms with E-state index in [0.29, 0.717) is 26.2 Å². The zero-order chi connectivity index (χ0) is 15.9. The monoisotopic (exact) mass is 320 g/mol. The molecule has 1 aliphatic rings. The molecule has 8 heteroatoms. The number of amides is 1. The summed E-state index contributed by atoms with van der Waals surface area (Å²) >= 11 is 0. The van der Waals surface area contributed by atoms with Crippen molar-refractivity contribution in [3.8, 4) is 0 Å². The summed E-state index contributed by atoms with van der Waals surface area (Å²) in [6, 6.07) is 0. The van der Waals surface area contributed by atoms with Crippen LogP contribution in [-0.4, -0.2) is 57.7 Å². The summed E-state index contributed by atoms with van der Waals surface area (Å²) in [5.41, 5.74) is 0. The third-order valence-corrected chi connectivity index (χ3v) is 4.05. The highest BCUT2D eigenvalue weighted by atomic mass is 32.2. The molecule has 0 radical (unpaired) electrons. The van der Waals surface area contributed by atoms with Gasteiger partial charge in [0.15, 0.2) is 0 Å². The van der Waals surface area contributed by atoms with Crippen molar-refractivity contribution in [1.29, 1.82) is 0 Å². The van der Waals surface area contributed by atoms with Gasteiger partial charge < -0.3 is 9.64 Å². The van der Waals surface area contributed by atoms with Gasteiger partial charge in [0.2, 0.25) is 15.9 Å². The Bertz CT molecular complexity index is 463. The van der Waals surface area contributed by atoms with Crippen molar-refractivity contribution in [3.05, 3.63) is 0 Å². The minimum absolute atomic E-state index is 0.0768. The maximum Gasteiger partial charge on any atom is 0.306 e. The van der Waals surface area contributed by atoms with Crippen LogP contribution in [0.25, 0.3) is 0 Å². The molecule has 1 rings (SSSR count). The van der Waals surface area contributed by atoms with E-state index in [1.165, 1.54) is 0 Å². The van der Waals surface area contributed by atoms with E-state index in [0.717, 1.165) is 19.1 Å². The van der Waals surface area contributed by atoms with E-state index in [4.69, 9.17) is 4.74 Å². The summed E-state index contributed by atoms with van der Waals surface area (Å²) in [6.07, 6.45) is 3.10. The molecule has 122 valence electrons. The molecule has 0 aromatic rings. The van der Waals surface area contributed by atoms with Crippen LogP contribution >= 0.6 is 0 Å². The van der Waals surface area contributed by atoms with E-state index in [-0.39, 0.29) is 30.6 Å². The summed E-state index contributed by atoms with van der Waals surface area (Å²) in [5, 5.41) is 0. The largest absolute Gasteiger partial charge is 0.466 e. The van der Waals surface area contributed by atoms with Crippen molar-refractivity contribution in [1.82, 2.24) is 9.62 Å². The topological polar surface area (TPSA) is 92.8 Å². The predicted octanol–water partition coefficient (Wildman–Crippen LogP) is 0.118. The van der Waals surface area contributed by atoms with Crippen LogP contribution in [-0.2, 0) is 24.3 Å². The zero-order valence-electron chi connectivity index (χ0n) is 12.6. The van der Waals surface area contributed by atoms with Crippen LogP contribution in [0.1, 0.15) is 32.6 Å². The zero-order valence-corrected chi connectivity index (χ0v) is 13.4. The lowest BCUT2D eigenvalue weighted by Crippen LogP contribution is -2.43. The van der Waals surface area contributed by atoms with Gasteiger partial charge in [-0.3, -0.25) is 9.59 Å². The first-order chi connectivity index (χ1) is 9.81. The quantitative estimate of drug-likeness (QED) is 0.673. The van der Waals surface area contributed by atoms with Crippen molar-refractivity contribution in [2.45, 2.75) is 32.6 Å². The third-order valence-electron chi connectivity index (χ3n) is 3.35. The first-order valence-electron chi connectivity index (χ1n) is 7.20. The van der Waals surface area contributed by atoms with E-state index in [9.17, 15) is 18.0 Å². The summed E-state index contributed by atoms with van der Waals surface area (Å²) < 4.78 is 29.4. The predicted molar refractivity (Wildman–Crippen MR) is 78.0 cm³/mol. The van der Waals surface area contributed by atoms with Gasteiger partial charge in [0.1, 0.15) is 0 Å². The number of carbonyl (C=O) groups excluding carboxylic acids is 2. The van der Waals surface area contributed by atoms with Gasteiger partial charge in [0, 0.05) is 26.1 Å². The number of rotatable bonds is 7. The van der Waals surface area contributed by atoms with Crippen LogP contribution in [0.2, 0.25) is 0 Å². The van der Waals surface area contributed by atoms with Gasteiger partial charge in [0.05, 0.1) is 19.3 Å². The second kappa shape index (κ2) is 8.33. The van der Waals surface area contributed by atoms with Crippen LogP contribution in [0.4, 0.5) is 0 Å². The Labute approximate surface area is 126 Å². The SMILES string of the molecule is CCOC(=O)CCC(=O)N1CCCC(CNS(C)(=O)=O)C1. The highest BCUT2D eigenvalue weighted by molar-refractivity contribution is 7.88. The van der Waals surface area contributed by atoms with Crippen molar-refractivity contribution in [2.75, 3.05) is 32.5 Å². The molecule has 0 spiro atoms. The number of nitrogens with zero attached hydrogens (tertiary/aromatic N) is 1. The molecule has 0 aromatic heterocycles. The normalized spacial score (nSPS) is 19.3. The summed E-state index contributed by atoms with van der Waals surface area (Å²) in [5.74, 6) is -0.315. The first kappa shape index (κ1) is 17.9. The smallest absolute Gasteiger partial charge is 0.306 e. The van der Waals surface area contributed by atoms with Gasteiger partial charge in [-0.15, -0.1) is 0 Å². The molecule has 1 unspecified atom stereocenters. The second-order valence-corrected chi connectivity index (χ2v) is 7.11. The lowest BCUT2D eigenvalue weighted by Gasteiger charge is -2.32. The number of hydrogen-bond acceptors (Lipinski definition) is 5. The van der Waals surface area contributed by atoms with Crippen LogP contribution in [0.5, 0.6) is 0 Å². The third kappa shape index (κ3) is 7.42. The number of sulfonamides is 1. The summed E-state index contributed by atoms with van der Waals surface area (Å²) in [7, 11) is -3.20.